The van der Waals surface area contributed by atoms with Crippen LogP contribution in [0.1, 0.15) is 44.1 Å². The van der Waals surface area contributed by atoms with Crippen molar-refractivity contribution < 1.29 is 60.9 Å². The van der Waals surface area contributed by atoms with Crippen LogP contribution in [0.3, 0.4) is 0 Å². The fourth-order valence-electron chi connectivity index (χ4n) is 3.33. The molecule has 1 fully saturated rings. The van der Waals surface area contributed by atoms with Gasteiger partial charge in [0.25, 0.3) is 5.08 Å². The van der Waals surface area contributed by atoms with Crippen LogP contribution in [0.2, 0.25) is 0 Å². The number of hydrogen-bond donors (Lipinski definition) is 3. The second-order valence-corrected chi connectivity index (χ2v) is 12.4. The molecule has 3 rings (SSSR count). The third-order valence-corrected chi connectivity index (χ3v) is 9.84. The first-order valence-corrected chi connectivity index (χ1v) is 13.9. The summed E-state index contributed by atoms with van der Waals surface area (Å²) in [6.07, 6.45) is -3.06. The zero-order valence-corrected chi connectivity index (χ0v) is 21.2. The van der Waals surface area contributed by atoms with Gasteiger partial charge in [-0.15, -0.1) is 0 Å². The zero-order valence-electron chi connectivity index (χ0n) is 19.4. The third kappa shape index (κ3) is 6.29. The molecule has 202 valence electrons. The monoisotopic (exact) mass is 565 g/mol. The number of carbonyl (C=O) groups is 2. The molecule has 12 nitrogen and oxygen atoms in total. The molecule has 1 saturated heterocycles. The normalized spacial score (nSPS) is 28.4. The maximum atomic E-state index is 14.8. The van der Waals surface area contributed by atoms with E-state index in [0.29, 0.717) is 12.1 Å². The highest BCUT2D eigenvalue weighted by Gasteiger charge is 2.67. The average Bonchev–Trinajstić information content (AvgIpc) is 2.77. The lowest BCUT2D eigenvalue weighted by atomic mass is 10.1. The Morgan fingerprint density at radius 1 is 1.19 bits per heavy atom. The van der Waals surface area contributed by atoms with Gasteiger partial charge in [0.05, 0.1) is 5.56 Å². The second kappa shape index (κ2) is 11.0. The minimum absolute atomic E-state index is 0.0679. The summed E-state index contributed by atoms with van der Waals surface area (Å²) in [4.78, 5) is 47.7. The van der Waals surface area contributed by atoms with Crippen molar-refractivity contribution >= 4 is 27.1 Å². The number of rotatable bonds is 8. The number of ether oxygens (including phenoxy) is 2. The van der Waals surface area contributed by atoms with Crippen molar-refractivity contribution in [3.8, 4) is 5.75 Å². The molecular weight excluding hydrogens is 542 g/mol. The van der Waals surface area contributed by atoms with Gasteiger partial charge in [0, 0.05) is 43.8 Å². The van der Waals surface area contributed by atoms with Crippen molar-refractivity contribution in [2.45, 2.75) is 50.6 Å². The predicted molar refractivity (Wildman–Crippen MR) is 120 cm³/mol. The summed E-state index contributed by atoms with van der Waals surface area (Å²) in [6, 6.07) is 3.67. The smallest absolute Gasteiger partial charge is 0.430 e. The van der Waals surface area contributed by atoms with Crippen molar-refractivity contribution in [1.82, 2.24) is 4.98 Å². The minimum Gasteiger partial charge on any atom is -0.430 e. The van der Waals surface area contributed by atoms with Crippen molar-refractivity contribution in [2.24, 2.45) is 0 Å². The third-order valence-electron chi connectivity index (χ3n) is 5.24. The van der Waals surface area contributed by atoms with Gasteiger partial charge in [0.15, 0.2) is 0 Å². The first-order valence-electron chi connectivity index (χ1n) is 10.7. The quantitative estimate of drug-likeness (QED) is 0.239. The van der Waals surface area contributed by atoms with E-state index >= 15 is 0 Å². The van der Waals surface area contributed by atoms with Crippen LogP contribution >= 0.6 is 15.2 Å². The first kappa shape index (κ1) is 29.0. The number of halogens is 2. The number of ketones is 1. The SMILES string of the molecule is CCC(=O)CC(C)OC(=O)Oc1cc(F)c(C2OP(=O)(O)C(O)(Cc3cccnc3)P(=O)(O)O2)c(F)c1. The molecule has 37 heavy (non-hydrogen) atoms. The molecule has 0 radical (unpaired) electrons. The fourth-order valence-corrected chi connectivity index (χ4v) is 6.87. The fraction of sp³-hybridized carbons (Fsp3) is 0.381. The Labute approximate surface area is 209 Å². The van der Waals surface area contributed by atoms with E-state index < -0.39 is 68.2 Å². The van der Waals surface area contributed by atoms with Crippen LogP contribution in [0.25, 0.3) is 0 Å². The number of aliphatic hydroxyl groups is 1. The van der Waals surface area contributed by atoms with Crippen molar-refractivity contribution in [2.75, 3.05) is 0 Å². The maximum Gasteiger partial charge on any atom is 0.514 e. The van der Waals surface area contributed by atoms with E-state index in [1.54, 1.807) is 6.92 Å². The van der Waals surface area contributed by atoms with Crippen LogP contribution in [0.4, 0.5) is 13.6 Å². The highest BCUT2D eigenvalue weighted by atomic mass is 31.2. The van der Waals surface area contributed by atoms with E-state index in [-0.39, 0.29) is 24.2 Å². The Bertz CT molecular complexity index is 1230. The summed E-state index contributed by atoms with van der Waals surface area (Å²) >= 11 is 0. The summed E-state index contributed by atoms with van der Waals surface area (Å²) in [7, 11) is -11.0. The Kier molecular flexibility index (Phi) is 8.65. The van der Waals surface area contributed by atoms with Gasteiger partial charge in [-0.2, -0.15) is 0 Å². The average molecular weight is 565 g/mol. The number of pyridine rings is 1. The van der Waals surface area contributed by atoms with Gasteiger partial charge in [-0.3, -0.25) is 28.0 Å². The molecule has 1 aliphatic rings. The number of Topliss-reactive ketones (excluding diaryl/α,β-unsaturated/α-hetero) is 1. The van der Waals surface area contributed by atoms with Gasteiger partial charge >= 0.3 is 21.3 Å². The summed E-state index contributed by atoms with van der Waals surface area (Å²) < 4.78 is 74.1. The summed E-state index contributed by atoms with van der Waals surface area (Å²) in [5.74, 6) is -3.97. The van der Waals surface area contributed by atoms with Crippen LogP contribution in [-0.2, 0) is 34.1 Å². The highest BCUT2D eigenvalue weighted by molar-refractivity contribution is 7.73. The summed E-state index contributed by atoms with van der Waals surface area (Å²) in [5.41, 5.74) is -1.13. The largest absolute Gasteiger partial charge is 0.514 e. The summed E-state index contributed by atoms with van der Waals surface area (Å²) in [5, 5.41) is 7.32. The molecule has 0 saturated carbocycles. The molecule has 2 heterocycles. The molecule has 1 aromatic carbocycles. The Morgan fingerprint density at radius 3 is 2.30 bits per heavy atom. The van der Waals surface area contributed by atoms with Gasteiger partial charge in [-0.25, -0.2) is 13.6 Å². The molecule has 3 atom stereocenters. The molecular formula is C21H23F2NO11P2. The standard InChI is InChI=1S/C21H23F2NO11P2/c1-3-14(25)7-12(2)32-20(26)33-15-8-16(22)18(17(23)9-15)19-34-36(28,29)21(27,37(30,31)35-19)10-13-5-4-6-24-11-13/h4-6,8-9,11-12,19,27H,3,7,10H2,1-2H3,(H,28,29)(H,30,31). The Morgan fingerprint density at radius 2 is 1.78 bits per heavy atom. The minimum atomic E-state index is -5.50. The van der Waals surface area contributed by atoms with Crippen LogP contribution in [0.5, 0.6) is 5.75 Å². The van der Waals surface area contributed by atoms with Gasteiger partial charge in [-0.1, -0.05) is 13.0 Å². The topological polar surface area (TPSA) is 179 Å². The van der Waals surface area contributed by atoms with Crippen LogP contribution in [-0.4, -0.2) is 43.0 Å². The molecule has 0 aliphatic carbocycles. The van der Waals surface area contributed by atoms with E-state index in [1.807, 2.05) is 0 Å². The Balaban J connectivity index is 1.81. The van der Waals surface area contributed by atoms with E-state index in [2.05, 4.69) is 4.98 Å². The number of nitrogens with zero attached hydrogens (tertiary/aromatic N) is 1. The molecule has 2 aromatic rings. The predicted octanol–water partition coefficient (Wildman–Crippen LogP) is 3.94. The molecule has 1 aliphatic heterocycles. The van der Waals surface area contributed by atoms with Gasteiger partial charge in [0.1, 0.15) is 29.3 Å². The molecule has 16 heteroatoms. The number of benzene rings is 1. The Hall–Kier alpha value is -2.57. The first-order chi connectivity index (χ1) is 17.2. The van der Waals surface area contributed by atoms with Crippen LogP contribution in [0, 0.1) is 11.6 Å². The lowest BCUT2D eigenvalue weighted by Gasteiger charge is -2.41. The van der Waals surface area contributed by atoms with E-state index in [0.717, 1.165) is 6.20 Å². The number of aromatic nitrogens is 1. The lowest BCUT2D eigenvalue weighted by Crippen LogP contribution is -2.38. The van der Waals surface area contributed by atoms with Crippen LogP contribution in [0.15, 0.2) is 36.7 Å². The van der Waals surface area contributed by atoms with Gasteiger partial charge in [-0.05, 0) is 18.6 Å². The highest BCUT2D eigenvalue weighted by Crippen LogP contribution is 2.79. The molecule has 0 amide bonds. The molecule has 1 aromatic heterocycles. The molecule has 0 bridgehead atoms. The number of hydrogen-bond acceptors (Lipinski definition) is 10. The van der Waals surface area contributed by atoms with Crippen molar-refractivity contribution in [3.63, 3.8) is 0 Å². The van der Waals surface area contributed by atoms with E-state index in [9.17, 15) is 42.4 Å². The van der Waals surface area contributed by atoms with Gasteiger partial charge in [0.2, 0.25) is 6.29 Å². The molecule has 3 N–H and O–H groups in total. The molecule has 0 spiro atoms. The van der Waals surface area contributed by atoms with E-state index in [4.69, 9.17) is 18.5 Å². The van der Waals surface area contributed by atoms with Crippen LogP contribution < -0.4 is 4.74 Å². The zero-order chi connectivity index (χ0) is 27.6. The van der Waals surface area contributed by atoms with Crippen molar-refractivity contribution in [3.05, 3.63) is 59.4 Å². The molecule has 3 unspecified atom stereocenters. The number of carbonyl (C=O) groups excluding carboxylic acids is 2. The van der Waals surface area contributed by atoms with Crippen molar-refractivity contribution in [1.29, 1.82) is 0 Å². The van der Waals surface area contributed by atoms with Gasteiger partial charge < -0.3 is 24.4 Å². The summed E-state index contributed by atoms with van der Waals surface area (Å²) in [6.45, 7) is 3.03. The van der Waals surface area contributed by atoms with E-state index in [1.165, 1.54) is 25.3 Å². The lowest BCUT2D eigenvalue weighted by molar-refractivity contribution is -0.120. The maximum absolute atomic E-state index is 14.8. The second-order valence-electron chi connectivity index (χ2n) is 8.07.